The van der Waals surface area contributed by atoms with Crippen molar-refractivity contribution in [1.82, 2.24) is 5.32 Å². The largest absolute Gasteiger partial charge is 0.494 e. The van der Waals surface area contributed by atoms with Crippen LogP contribution in [0.15, 0.2) is 66.2 Å². The quantitative estimate of drug-likeness (QED) is 0.209. The lowest BCUT2D eigenvalue weighted by atomic mass is 10.1. The monoisotopic (exact) mass is 570 g/mol. The zero-order valence-electron chi connectivity index (χ0n) is 19.9. The fraction of sp³-hybridized carbons (Fsp3) is 0.111. The smallest absolute Gasteiger partial charge is 0.335 e. The fourth-order valence-corrected chi connectivity index (χ4v) is 4.51. The van der Waals surface area contributed by atoms with E-state index in [1.165, 1.54) is 35.2 Å². The molecule has 38 heavy (non-hydrogen) atoms. The summed E-state index contributed by atoms with van der Waals surface area (Å²) in [6.45, 7) is 2.45. The number of carbonyl (C=O) groups is 3. The number of aromatic carboxylic acids is 1. The Bertz CT molecular complexity index is 1430. The van der Waals surface area contributed by atoms with Crippen LogP contribution in [0.1, 0.15) is 28.4 Å². The second kappa shape index (κ2) is 11.6. The molecule has 194 valence electrons. The first kappa shape index (κ1) is 27.1. The van der Waals surface area contributed by atoms with Crippen molar-refractivity contribution in [3.05, 3.63) is 93.0 Å². The summed E-state index contributed by atoms with van der Waals surface area (Å²) in [6, 6.07) is 15.9. The van der Waals surface area contributed by atoms with E-state index >= 15 is 0 Å². The highest BCUT2D eigenvalue weighted by molar-refractivity contribution is 7.80. The van der Waals surface area contributed by atoms with E-state index in [9.17, 15) is 14.4 Å². The van der Waals surface area contributed by atoms with Crippen LogP contribution in [0, 0.1) is 0 Å². The summed E-state index contributed by atoms with van der Waals surface area (Å²) < 4.78 is 11.2. The Kier molecular flexibility index (Phi) is 8.31. The number of nitrogens with one attached hydrogen (secondary N) is 1. The third-order valence-electron chi connectivity index (χ3n) is 5.42. The van der Waals surface area contributed by atoms with Crippen molar-refractivity contribution in [2.24, 2.45) is 0 Å². The predicted octanol–water partition coefficient (Wildman–Crippen LogP) is 5.50. The molecular weight excluding hydrogens is 551 g/mol. The second-order valence-corrected chi connectivity index (χ2v) is 9.19. The summed E-state index contributed by atoms with van der Waals surface area (Å²) >= 11 is 18.0. The zero-order chi connectivity index (χ0) is 27.4. The summed E-state index contributed by atoms with van der Waals surface area (Å²) in [5.74, 6) is -1.45. The van der Waals surface area contributed by atoms with Crippen molar-refractivity contribution in [3.63, 3.8) is 0 Å². The molecule has 0 spiro atoms. The number of rotatable bonds is 8. The van der Waals surface area contributed by atoms with E-state index in [0.717, 1.165) is 0 Å². The number of benzene rings is 3. The van der Waals surface area contributed by atoms with E-state index in [4.69, 9.17) is 50.0 Å². The molecule has 4 rings (SSSR count). The van der Waals surface area contributed by atoms with E-state index in [1.807, 2.05) is 6.92 Å². The van der Waals surface area contributed by atoms with Crippen LogP contribution in [0.4, 0.5) is 5.69 Å². The van der Waals surface area contributed by atoms with E-state index in [1.54, 1.807) is 36.4 Å². The van der Waals surface area contributed by atoms with Gasteiger partial charge in [0.2, 0.25) is 0 Å². The lowest BCUT2D eigenvalue weighted by molar-refractivity contribution is -0.122. The van der Waals surface area contributed by atoms with Crippen molar-refractivity contribution in [2.75, 3.05) is 11.5 Å². The third kappa shape index (κ3) is 5.96. The molecule has 1 saturated heterocycles. The molecule has 1 heterocycles. The van der Waals surface area contributed by atoms with Gasteiger partial charge in [-0.15, -0.1) is 0 Å². The summed E-state index contributed by atoms with van der Waals surface area (Å²) in [4.78, 5) is 38.1. The van der Waals surface area contributed by atoms with Gasteiger partial charge in [0.1, 0.15) is 17.9 Å². The lowest BCUT2D eigenvalue weighted by Gasteiger charge is -2.29. The van der Waals surface area contributed by atoms with Gasteiger partial charge in [-0.2, -0.15) is 0 Å². The number of carboxylic acids is 1. The molecule has 0 unspecified atom stereocenters. The SMILES string of the molecule is CCOc1ccc(N2C(=O)/C(=C/c3cc(Cl)c(OCc4ccc(C(=O)O)cc4)c(Cl)c3)C(=O)NC2=S)cc1. The highest BCUT2D eigenvalue weighted by Crippen LogP contribution is 2.36. The van der Waals surface area contributed by atoms with E-state index in [0.29, 0.717) is 29.2 Å². The highest BCUT2D eigenvalue weighted by Gasteiger charge is 2.34. The lowest BCUT2D eigenvalue weighted by Crippen LogP contribution is -2.54. The maximum Gasteiger partial charge on any atom is 0.335 e. The van der Waals surface area contributed by atoms with Crippen LogP contribution in [0.3, 0.4) is 0 Å². The number of hydrogen-bond donors (Lipinski definition) is 2. The zero-order valence-corrected chi connectivity index (χ0v) is 22.2. The Morgan fingerprint density at radius 2 is 1.66 bits per heavy atom. The molecule has 2 N–H and O–H groups in total. The van der Waals surface area contributed by atoms with Crippen LogP contribution in [-0.4, -0.2) is 34.6 Å². The van der Waals surface area contributed by atoms with Crippen molar-refractivity contribution >= 4 is 70.1 Å². The van der Waals surface area contributed by atoms with Crippen LogP contribution >= 0.6 is 35.4 Å². The van der Waals surface area contributed by atoms with Gasteiger partial charge < -0.3 is 14.6 Å². The Morgan fingerprint density at radius 1 is 1.03 bits per heavy atom. The fourth-order valence-electron chi connectivity index (χ4n) is 3.62. The molecule has 8 nitrogen and oxygen atoms in total. The predicted molar refractivity (Wildman–Crippen MR) is 148 cm³/mol. The van der Waals surface area contributed by atoms with Crippen LogP contribution in [-0.2, 0) is 16.2 Å². The van der Waals surface area contributed by atoms with Crippen molar-refractivity contribution in [1.29, 1.82) is 0 Å². The van der Waals surface area contributed by atoms with E-state index < -0.39 is 17.8 Å². The molecule has 0 aliphatic carbocycles. The van der Waals surface area contributed by atoms with Crippen LogP contribution in [0.25, 0.3) is 6.08 Å². The average molecular weight is 571 g/mol. The number of hydrogen-bond acceptors (Lipinski definition) is 6. The number of carboxylic acid groups (broad SMARTS) is 1. The summed E-state index contributed by atoms with van der Waals surface area (Å²) in [5, 5.41) is 11.8. The molecule has 0 radical (unpaired) electrons. The molecule has 1 fully saturated rings. The minimum Gasteiger partial charge on any atom is -0.494 e. The van der Waals surface area contributed by atoms with Gasteiger partial charge in [-0.25, -0.2) is 4.79 Å². The first-order valence-electron chi connectivity index (χ1n) is 11.3. The van der Waals surface area contributed by atoms with E-state index in [-0.39, 0.29) is 38.7 Å². The van der Waals surface area contributed by atoms with Crippen LogP contribution in [0.2, 0.25) is 10.0 Å². The number of anilines is 1. The molecular formula is C27H20Cl2N2O6S. The average Bonchev–Trinajstić information content (AvgIpc) is 2.87. The molecule has 0 aromatic heterocycles. The van der Waals surface area contributed by atoms with Gasteiger partial charge in [0.25, 0.3) is 11.8 Å². The molecule has 2 amide bonds. The first-order chi connectivity index (χ1) is 18.2. The number of ether oxygens (including phenoxy) is 2. The Labute approximate surface area is 233 Å². The van der Waals surface area contributed by atoms with Gasteiger partial charge in [0.15, 0.2) is 10.9 Å². The maximum absolute atomic E-state index is 13.3. The Balaban J connectivity index is 1.55. The summed E-state index contributed by atoms with van der Waals surface area (Å²) in [7, 11) is 0. The number of thiocarbonyl (C=S) groups is 1. The highest BCUT2D eigenvalue weighted by atomic mass is 35.5. The van der Waals surface area contributed by atoms with Gasteiger partial charge in [-0.3, -0.25) is 19.8 Å². The van der Waals surface area contributed by atoms with Crippen molar-refractivity contribution < 1.29 is 29.0 Å². The van der Waals surface area contributed by atoms with Gasteiger partial charge in [0, 0.05) is 0 Å². The number of amides is 2. The minimum absolute atomic E-state index is 0.0440. The van der Waals surface area contributed by atoms with Gasteiger partial charge in [0.05, 0.1) is 27.9 Å². The standard InChI is InChI=1S/C27H20Cl2N2O6S/c1-2-36-19-9-7-18(8-10-19)31-25(33)20(24(32)30-27(31)38)11-16-12-21(28)23(22(29)13-16)37-14-15-3-5-17(6-4-15)26(34)35/h3-13H,2,14H2,1H3,(H,34,35)(H,30,32,38)/b20-11+. The molecule has 3 aromatic rings. The van der Waals surface area contributed by atoms with Crippen molar-refractivity contribution in [2.45, 2.75) is 13.5 Å². The van der Waals surface area contributed by atoms with Gasteiger partial charge in [-0.05, 0) is 84.9 Å². The Morgan fingerprint density at radius 3 is 2.24 bits per heavy atom. The Hall–Kier alpha value is -3.92. The van der Waals surface area contributed by atoms with Crippen LogP contribution < -0.4 is 19.7 Å². The van der Waals surface area contributed by atoms with Crippen LogP contribution in [0.5, 0.6) is 11.5 Å². The molecule has 3 aromatic carbocycles. The second-order valence-electron chi connectivity index (χ2n) is 7.99. The number of halogens is 2. The topological polar surface area (TPSA) is 105 Å². The summed E-state index contributed by atoms with van der Waals surface area (Å²) in [5.41, 5.74) is 1.57. The molecule has 0 saturated carbocycles. The maximum atomic E-state index is 13.3. The summed E-state index contributed by atoms with van der Waals surface area (Å²) in [6.07, 6.45) is 1.37. The molecule has 1 aliphatic rings. The molecule has 0 bridgehead atoms. The minimum atomic E-state index is -1.03. The first-order valence-corrected chi connectivity index (χ1v) is 12.4. The molecule has 1 aliphatic heterocycles. The third-order valence-corrected chi connectivity index (χ3v) is 6.27. The van der Waals surface area contributed by atoms with Gasteiger partial charge in [-0.1, -0.05) is 35.3 Å². The van der Waals surface area contributed by atoms with E-state index in [2.05, 4.69) is 5.32 Å². The van der Waals surface area contributed by atoms with Crippen molar-refractivity contribution in [3.8, 4) is 11.5 Å². The number of nitrogens with zero attached hydrogens (tertiary/aromatic N) is 1. The number of carbonyl (C=O) groups excluding carboxylic acids is 2. The van der Waals surface area contributed by atoms with Gasteiger partial charge >= 0.3 is 5.97 Å². The normalized spacial score (nSPS) is 14.4. The molecule has 11 heteroatoms. The molecule has 0 atom stereocenters.